The Morgan fingerprint density at radius 1 is 1.00 bits per heavy atom. The van der Waals surface area contributed by atoms with Gasteiger partial charge in [-0.2, -0.15) is 5.10 Å². The lowest BCUT2D eigenvalue weighted by atomic mass is 9.89. The molecule has 2 heterocycles. The van der Waals surface area contributed by atoms with Gasteiger partial charge in [0.25, 0.3) is 5.56 Å². The second-order valence-corrected chi connectivity index (χ2v) is 10.8. The van der Waals surface area contributed by atoms with Crippen LogP contribution in [0.25, 0.3) is 0 Å². The minimum absolute atomic E-state index is 0.0399. The lowest BCUT2D eigenvalue weighted by Crippen LogP contribution is -2.19. The van der Waals surface area contributed by atoms with E-state index in [0.29, 0.717) is 22.4 Å². The summed E-state index contributed by atoms with van der Waals surface area (Å²) in [5, 5.41) is 12.5. The fourth-order valence-electron chi connectivity index (χ4n) is 5.12. The molecular weight excluding hydrogens is 507 g/mol. The van der Waals surface area contributed by atoms with E-state index in [2.05, 4.69) is 27.6 Å². The molecule has 8 heteroatoms. The van der Waals surface area contributed by atoms with Crippen molar-refractivity contribution in [2.45, 2.75) is 37.1 Å². The van der Waals surface area contributed by atoms with Gasteiger partial charge in [-0.1, -0.05) is 59.6 Å². The number of rotatable bonds is 7. The summed E-state index contributed by atoms with van der Waals surface area (Å²) in [6.45, 7) is 0.455. The first-order chi connectivity index (χ1) is 17.9. The number of carbonyl (C=O) groups is 1. The molecule has 2 saturated carbocycles. The van der Waals surface area contributed by atoms with E-state index in [9.17, 15) is 9.59 Å². The third-order valence-corrected chi connectivity index (χ3v) is 7.88. The zero-order chi connectivity index (χ0) is 25.6. The van der Waals surface area contributed by atoms with Crippen LogP contribution in [0.4, 0.5) is 5.82 Å². The lowest BCUT2D eigenvalue weighted by molar-refractivity contribution is -0.117. The summed E-state index contributed by atoms with van der Waals surface area (Å²) >= 11 is 12.2. The molecule has 0 saturated heterocycles. The van der Waals surface area contributed by atoms with Gasteiger partial charge in [0, 0.05) is 28.6 Å². The molecular formula is C29H24Cl2N4O2. The van der Waals surface area contributed by atoms with Gasteiger partial charge >= 0.3 is 0 Å². The largest absolute Gasteiger partial charge is 0.310 e. The summed E-state index contributed by atoms with van der Waals surface area (Å²) in [7, 11) is 0. The number of aromatic nitrogens is 3. The molecule has 0 spiro atoms. The van der Waals surface area contributed by atoms with Gasteiger partial charge in [0.1, 0.15) is 0 Å². The molecule has 2 fully saturated rings. The van der Waals surface area contributed by atoms with Crippen LogP contribution >= 0.6 is 23.2 Å². The van der Waals surface area contributed by atoms with E-state index >= 15 is 0 Å². The standard InChI is InChI=1S/C29H24Cl2N4O2/c30-22-3-1-2-19(12-22)24-14-25(24)28(37)33-26-13-21(15-32-34-26)29(10-11-29)20-6-4-18(5-7-20)16-35-17-23(31)8-9-27(35)36/h1-9,12-13,15,17,24-25H,10-11,14,16H2,(H,33,34,37)/t24-,25+/m1/s1. The quantitative estimate of drug-likeness (QED) is 0.326. The first kappa shape index (κ1) is 23.9. The highest BCUT2D eigenvalue weighted by Crippen LogP contribution is 2.53. The second-order valence-electron chi connectivity index (χ2n) is 9.91. The van der Waals surface area contributed by atoms with Crippen molar-refractivity contribution in [3.8, 4) is 0 Å². The van der Waals surface area contributed by atoms with Crippen LogP contribution in [0.2, 0.25) is 10.0 Å². The monoisotopic (exact) mass is 530 g/mol. The maximum atomic E-state index is 12.9. The molecule has 6 nitrogen and oxygen atoms in total. The number of hydrogen-bond donors (Lipinski definition) is 1. The van der Waals surface area contributed by atoms with Crippen LogP contribution in [-0.2, 0) is 16.8 Å². The van der Waals surface area contributed by atoms with E-state index in [4.69, 9.17) is 23.2 Å². The number of pyridine rings is 1. The summed E-state index contributed by atoms with van der Waals surface area (Å²) in [5.41, 5.74) is 4.11. The predicted octanol–water partition coefficient (Wildman–Crippen LogP) is 5.82. The highest BCUT2D eigenvalue weighted by molar-refractivity contribution is 6.30. The molecule has 37 heavy (non-hydrogen) atoms. The summed E-state index contributed by atoms with van der Waals surface area (Å²) < 4.78 is 1.60. The zero-order valence-electron chi connectivity index (χ0n) is 19.9. The Labute approximate surface area is 224 Å². The molecule has 2 atom stereocenters. The van der Waals surface area contributed by atoms with Gasteiger partial charge in [-0.05, 0) is 71.7 Å². The fraction of sp³-hybridized carbons (Fsp3) is 0.241. The van der Waals surface area contributed by atoms with Crippen LogP contribution in [-0.4, -0.2) is 20.7 Å². The third-order valence-electron chi connectivity index (χ3n) is 7.42. The van der Waals surface area contributed by atoms with Gasteiger partial charge in [0.2, 0.25) is 5.91 Å². The van der Waals surface area contributed by atoms with E-state index in [1.807, 2.05) is 42.5 Å². The SMILES string of the molecule is O=C(Nc1cc(C2(c3ccc(Cn4cc(Cl)ccc4=O)cc3)CC2)cnn1)[C@H]1C[C@@H]1c1cccc(Cl)c1. The van der Waals surface area contributed by atoms with Crippen LogP contribution in [0, 0.1) is 5.92 Å². The normalized spacial score (nSPS) is 19.3. The van der Waals surface area contributed by atoms with Gasteiger partial charge in [-0.15, -0.1) is 5.10 Å². The number of anilines is 1. The van der Waals surface area contributed by atoms with Crippen molar-refractivity contribution in [3.63, 3.8) is 0 Å². The Morgan fingerprint density at radius 2 is 1.81 bits per heavy atom. The van der Waals surface area contributed by atoms with Gasteiger partial charge in [-0.3, -0.25) is 9.59 Å². The lowest BCUT2D eigenvalue weighted by Gasteiger charge is -2.17. The molecule has 6 rings (SSSR count). The highest BCUT2D eigenvalue weighted by Gasteiger charge is 2.47. The number of nitrogens with zero attached hydrogens (tertiary/aromatic N) is 3. The summed E-state index contributed by atoms with van der Waals surface area (Å²) in [6, 6.07) is 21.0. The molecule has 0 aliphatic heterocycles. The number of halogens is 2. The van der Waals surface area contributed by atoms with Gasteiger partial charge in [0.05, 0.1) is 17.8 Å². The van der Waals surface area contributed by atoms with E-state index in [0.717, 1.165) is 36.0 Å². The number of benzene rings is 2. The van der Waals surface area contributed by atoms with Crippen molar-refractivity contribution < 1.29 is 4.79 Å². The Balaban J connectivity index is 1.15. The van der Waals surface area contributed by atoms with E-state index in [1.165, 1.54) is 11.6 Å². The third kappa shape index (κ3) is 4.91. The Morgan fingerprint density at radius 3 is 2.57 bits per heavy atom. The molecule has 0 bridgehead atoms. The number of amides is 1. The fourth-order valence-corrected chi connectivity index (χ4v) is 5.50. The topological polar surface area (TPSA) is 76.9 Å². The Kier molecular flexibility index (Phi) is 6.09. The number of carbonyl (C=O) groups excluding carboxylic acids is 1. The van der Waals surface area contributed by atoms with Crippen LogP contribution < -0.4 is 10.9 Å². The van der Waals surface area contributed by atoms with Crippen molar-refractivity contribution in [2.75, 3.05) is 5.32 Å². The van der Waals surface area contributed by atoms with Crippen LogP contribution in [0.3, 0.4) is 0 Å². The molecule has 1 amide bonds. The average molecular weight is 531 g/mol. The summed E-state index contributed by atoms with van der Waals surface area (Å²) in [6.07, 6.45) is 6.24. The first-order valence-corrected chi connectivity index (χ1v) is 13.0. The molecule has 186 valence electrons. The van der Waals surface area contributed by atoms with E-state index < -0.39 is 0 Å². The van der Waals surface area contributed by atoms with Crippen molar-refractivity contribution in [1.29, 1.82) is 0 Å². The molecule has 2 aliphatic carbocycles. The van der Waals surface area contributed by atoms with E-state index in [1.54, 1.807) is 23.0 Å². The maximum Gasteiger partial charge on any atom is 0.250 e. The molecule has 2 aliphatic rings. The minimum Gasteiger partial charge on any atom is -0.310 e. The van der Waals surface area contributed by atoms with Crippen molar-refractivity contribution in [3.05, 3.63) is 122 Å². The van der Waals surface area contributed by atoms with Crippen molar-refractivity contribution in [2.24, 2.45) is 5.92 Å². The van der Waals surface area contributed by atoms with Crippen LogP contribution in [0.1, 0.15) is 47.4 Å². The Hall–Kier alpha value is -3.48. The number of nitrogens with one attached hydrogen (secondary N) is 1. The molecule has 1 N–H and O–H groups in total. The second kappa shape index (κ2) is 9.43. The minimum atomic E-state index is -0.135. The molecule has 2 aromatic heterocycles. The average Bonchev–Trinajstić information content (AvgIpc) is 3.81. The summed E-state index contributed by atoms with van der Waals surface area (Å²) in [4.78, 5) is 25.0. The van der Waals surface area contributed by atoms with E-state index in [-0.39, 0.29) is 28.7 Å². The molecule has 2 aromatic carbocycles. The number of hydrogen-bond acceptors (Lipinski definition) is 4. The van der Waals surface area contributed by atoms with Crippen LogP contribution in [0.15, 0.2) is 83.9 Å². The predicted molar refractivity (Wildman–Crippen MR) is 144 cm³/mol. The van der Waals surface area contributed by atoms with Crippen molar-refractivity contribution in [1.82, 2.24) is 14.8 Å². The summed E-state index contributed by atoms with van der Waals surface area (Å²) in [5.74, 6) is 0.536. The molecule has 4 aromatic rings. The first-order valence-electron chi connectivity index (χ1n) is 12.3. The van der Waals surface area contributed by atoms with Crippen LogP contribution in [0.5, 0.6) is 0 Å². The van der Waals surface area contributed by atoms with Gasteiger partial charge in [-0.25, -0.2) is 0 Å². The zero-order valence-corrected chi connectivity index (χ0v) is 21.4. The van der Waals surface area contributed by atoms with Gasteiger partial charge in [0.15, 0.2) is 5.82 Å². The molecule has 0 radical (unpaired) electrons. The van der Waals surface area contributed by atoms with Gasteiger partial charge < -0.3 is 9.88 Å². The van der Waals surface area contributed by atoms with Crippen molar-refractivity contribution >= 4 is 34.9 Å². The Bertz CT molecular complexity index is 1550. The maximum absolute atomic E-state index is 12.9. The smallest absolute Gasteiger partial charge is 0.250 e. The highest BCUT2D eigenvalue weighted by atomic mass is 35.5. The molecule has 0 unspecified atom stereocenters.